The van der Waals surface area contributed by atoms with E-state index in [0.717, 1.165) is 4.90 Å². The Morgan fingerprint density at radius 1 is 0.592 bits per heavy atom. The molecule has 242 valence electrons. The van der Waals surface area contributed by atoms with E-state index in [1.54, 1.807) is 60.9 Å². The van der Waals surface area contributed by atoms with E-state index in [0.29, 0.717) is 33.9 Å². The van der Waals surface area contributed by atoms with Crippen molar-refractivity contribution < 1.29 is 19.4 Å². The van der Waals surface area contributed by atoms with Gasteiger partial charge in [0.05, 0.1) is 46.7 Å². The van der Waals surface area contributed by atoms with Gasteiger partial charge in [0.25, 0.3) is 17.3 Å². The molecule has 16 nitrogen and oxygen atoms in total. The third-order valence-electron chi connectivity index (χ3n) is 8.18. The van der Waals surface area contributed by atoms with Crippen molar-refractivity contribution in [3.63, 3.8) is 0 Å². The number of nitro groups is 2. The molecule has 1 fully saturated rings. The van der Waals surface area contributed by atoms with Crippen LogP contribution in [0.5, 0.6) is 0 Å². The second-order valence-electron chi connectivity index (χ2n) is 11.1. The second kappa shape index (κ2) is 12.3. The highest BCUT2D eigenvalue weighted by Gasteiger charge is 2.59. The molecule has 1 aliphatic heterocycles. The Balaban J connectivity index is 1.26. The van der Waals surface area contributed by atoms with Gasteiger partial charge in [0.2, 0.25) is 0 Å². The minimum atomic E-state index is -1.59. The quantitative estimate of drug-likeness (QED) is 0.115. The maximum absolute atomic E-state index is 14.8. The Bertz CT molecular complexity index is 2150. The number of benzene rings is 4. The molecule has 1 aliphatic rings. The van der Waals surface area contributed by atoms with E-state index >= 15 is 0 Å². The molecule has 16 heteroatoms. The van der Waals surface area contributed by atoms with E-state index in [-0.39, 0.29) is 24.5 Å². The zero-order chi connectivity index (χ0) is 34.1. The van der Waals surface area contributed by atoms with Crippen LogP contribution in [-0.2, 0) is 23.4 Å². The minimum absolute atomic E-state index is 0.0753. The number of nitro benzene ring substituents is 2. The molecule has 0 atom stereocenters. The number of urea groups is 1. The van der Waals surface area contributed by atoms with Crippen molar-refractivity contribution in [1.82, 2.24) is 39.8 Å². The summed E-state index contributed by atoms with van der Waals surface area (Å²) in [5, 5.41) is 38.9. The van der Waals surface area contributed by atoms with Crippen molar-refractivity contribution in [3.8, 4) is 11.4 Å². The van der Waals surface area contributed by atoms with Gasteiger partial charge in [0.15, 0.2) is 5.54 Å². The topological polar surface area (TPSA) is 188 Å². The van der Waals surface area contributed by atoms with Gasteiger partial charge in [-0.3, -0.25) is 34.8 Å². The van der Waals surface area contributed by atoms with Crippen molar-refractivity contribution >= 4 is 23.3 Å². The highest BCUT2D eigenvalue weighted by molar-refractivity contribution is 6.09. The number of hydrogen-bond donors (Lipinski definition) is 0. The standard InChI is InChI=1S/C33H24N10O6/c44-31-33(23-7-3-1-4-8-23,24-9-5-2-6-10-24)39(20-26-22-41(37-35-26)28-13-17-30(18-14-28)43(48)49)32(45)38(31)19-25-21-40(36-34-25)27-11-15-29(16-12-27)42(46)47/h1-18,21-22H,19-20H2. The van der Waals surface area contributed by atoms with Crippen LogP contribution in [0.3, 0.4) is 0 Å². The Hall–Kier alpha value is -7.10. The van der Waals surface area contributed by atoms with Crippen molar-refractivity contribution in [3.05, 3.63) is 164 Å². The van der Waals surface area contributed by atoms with Gasteiger partial charge in [-0.15, -0.1) is 10.2 Å². The lowest BCUT2D eigenvalue weighted by molar-refractivity contribution is -0.385. The third-order valence-corrected chi connectivity index (χ3v) is 8.18. The largest absolute Gasteiger partial charge is 0.328 e. The predicted molar refractivity (Wildman–Crippen MR) is 171 cm³/mol. The summed E-state index contributed by atoms with van der Waals surface area (Å²) < 4.78 is 2.84. The molecule has 0 unspecified atom stereocenters. The minimum Gasteiger partial charge on any atom is -0.295 e. The first-order chi connectivity index (χ1) is 23.8. The second-order valence-corrected chi connectivity index (χ2v) is 11.1. The molecule has 3 heterocycles. The molecule has 0 N–H and O–H groups in total. The van der Waals surface area contributed by atoms with Crippen molar-refractivity contribution in [2.24, 2.45) is 0 Å². The molecular weight excluding hydrogens is 632 g/mol. The molecule has 49 heavy (non-hydrogen) atoms. The number of aromatic nitrogens is 6. The summed E-state index contributed by atoms with van der Waals surface area (Å²) >= 11 is 0. The average molecular weight is 657 g/mol. The maximum atomic E-state index is 14.8. The van der Waals surface area contributed by atoms with Crippen molar-refractivity contribution in [1.29, 1.82) is 0 Å². The lowest BCUT2D eigenvalue weighted by Crippen LogP contribution is -2.47. The van der Waals surface area contributed by atoms with Crippen LogP contribution < -0.4 is 0 Å². The number of rotatable bonds is 10. The zero-order valence-corrected chi connectivity index (χ0v) is 25.4. The van der Waals surface area contributed by atoms with E-state index < -0.39 is 27.3 Å². The van der Waals surface area contributed by atoms with Gasteiger partial charge in [-0.25, -0.2) is 14.2 Å². The SMILES string of the molecule is O=C1N(Cc2cn(-c3ccc([N+](=O)[O-])cc3)nn2)C(=O)C(c2ccccc2)(c2ccccc2)N1Cc1cn(-c2ccc([N+](=O)[O-])cc2)nn1. The molecular formula is C33H24N10O6. The third kappa shape index (κ3) is 5.42. The first-order valence-corrected chi connectivity index (χ1v) is 14.8. The molecule has 0 saturated carbocycles. The number of hydrogen-bond acceptors (Lipinski definition) is 10. The molecule has 4 aromatic carbocycles. The van der Waals surface area contributed by atoms with Crippen molar-refractivity contribution in [2.75, 3.05) is 0 Å². The van der Waals surface area contributed by atoms with Gasteiger partial charge in [-0.1, -0.05) is 71.1 Å². The van der Waals surface area contributed by atoms with Gasteiger partial charge in [0, 0.05) is 24.3 Å². The van der Waals surface area contributed by atoms with E-state index in [9.17, 15) is 29.8 Å². The van der Waals surface area contributed by atoms with Crippen LogP contribution in [0.1, 0.15) is 22.5 Å². The summed E-state index contributed by atoms with van der Waals surface area (Å²) in [7, 11) is 0. The molecule has 0 radical (unpaired) electrons. The van der Waals surface area contributed by atoms with Crippen LogP contribution >= 0.6 is 0 Å². The monoisotopic (exact) mass is 656 g/mol. The number of amides is 3. The lowest BCUT2D eigenvalue weighted by atomic mass is 9.81. The fourth-order valence-electron chi connectivity index (χ4n) is 5.87. The molecule has 6 aromatic rings. The van der Waals surface area contributed by atoms with Crippen LogP contribution in [-0.4, -0.2) is 61.6 Å². The summed E-state index contributed by atoms with van der Waals surface area (Å²) in [5.41, 5.74) is 1.05. The molecule has 2 aromatic heterocycles. The molecule has 7 rings (SSSR count). The van der Waals surface area contributed by atoms with Crippen LogP contribution in [0.15, 0.2) is 122 Å². The number of carbonyl (C=O) groups excluding carboxylic acids is 2. The summed E-state index contributed by atoms with van der Waals surface area (Å²) in [6.45, 7) is -0.328. The molecule has 0 spiro atoms. The molecule has 1 saturated heterocycles. The van der Waals surface area contributed by atoms with Gasteiger partial charge < -0.3 is 0 Å². The number of non-ortho nitro benzene ring substituents is 2. The average Bonchev–Trinajstić information content (AvgIpc) is 3.85. The first-order valence-electron chi connectivity index (χ1n) is 14.8. The van der Waals surface area contributed by atoms with Gasteiger partial charge >= 0.3 is 6.03 Å². The number of imide groups is 1. The van der Waals surface area contributed by atoms with Crippen LogP contribution in [0.4, 0.5) is 16.2 Å². The summed E-state index contributed by atoms with van der Waals surface area (Å²) in [6.07, 6.45) is 3.14. The fourth-order valence-corrected chi connectivity index (χ4v) is 5.87. The lowest BCUT2D eigenvalue weighted by Gasteiger charge is -2.35. The number of nitrogens with zero attached hydrogens (tertiary/aromatic N) is 10. The summed E-state index contributed by atoms with van der Waals surface area (Å²) in [4.78, 5) is 53.0. The first kappa shape index (κ1) is 30.5. The normalized spacial score (nSPS) is 14.0. The van der Waals surface area contributed by atoms with E-state index in [2.05, 4.69) is 20.6 Å². The van der Waals surface area contributed by atoms with Gasteiger partial charge in [-0.2, -0.15) is 0 Å². The Labute approximate surface area is 276 Å². The summed E-state index contributed by atoms with van der Waals surface area (Å²) in [5.74, 6) is -0.512. The van der Waals surface area contributed by atoms with Crippen LogP contribution in [0.2, 0.25) is 0 Å². The molecule has 0 bridgehead atoms. The number of carbonyl (C=O) groups is 2. The fraction of sp³-hybridized carbons (Fsp3) is 0.0909. The smallest absolute Gasteiger partial charge is 0.295 e. The van der Waals surface area contributed by atoms with Crippen LogP contribution in [0.25, 0.3) is 11.4 Å². The highest BCUT2D eigenvalue weighted by Crippen LogP contribution is 2.44. The predicted octanol–water partition coefficient (Wildman–Crippen LogP) is 4.57. The van der Waals surface area contributed by atoms with Crippen molar-refractivity contribution in [2.45, 2.75) is 18.6 Å². The Morgan fingerprint density at radius 2 is 1.02 bits per heavy atom. The Morgan fingerprint density at radius 3 is 1.45 bits per heavy atom. The maximum Gasteiger partial charge on any atom is 0.328 e. The Kier molecular flexibility index (Phi) is 7.64. The summed E-state index contributed by atoms with van der Waals surface area (Å²) in [6, 6.07) is 28.8. The van der Waals surface area contributed by atoms with E-state index in [4.69, 9.17) is 0 Å². The highest BCUT2D eigenvalue weighted by atomic mass is 16.6. The molecule has 0 aliphatic carbocycles. The van der Waals surface area contributed by atoms with E-state index in [1.165, 1.54) is 62.8 Å². The van der Waals surface area contributed by atoms with Crippen LogP contribution in [0, 0.1) is 20.2 Å². The molecule has 3 amide bonds. The van der Waals surface area contributed by atoms with Gasteiger partial charge in [-0.05, 0) is 35.4 Å². The van der Waals surface area contributed by atoms with E-state index in [1.807, 2.05) is 12.1 Å². The van der Waals surface area contributed by atoms with Gasteiger partial charge in [0.1, 0.15) is 11.4 Å². The zero-order valence-electron chi connectivity index (χ0n) is 25.4.